The van der Waals surface area contributed by atoms with Crippen molar-refractivity contribution in [3.8, 4) is 0 Å². The molecular weight excluding hydrogens is 406 g/mol. The van der Waals surface area contributed by atoms with Gasteiger partial charge in [-0.25, -0.2) is 4.98 Å². The van der Waals surface area contributed by atoms with Gasteiger partial charge in [0, 0.05) is 62.6 Å². The summed E-state index contributed by atoms with van der Waals surface area (Å²) in [5, 5.41) is 0. The molecule has 2 aliphatic heterocycles. The van der Waals surface area contributed by atoms with Crippen molar-refractivity contribution in [2.45, 2.75) is 33.6 Å². The Labute approximate surface area is 189 Å². The number of rotatable bonds is 5. The Morgan fingerprint density at radius 1 is 1.03 bits per heavy atom. The number of hydrogen-bond donors (Lipinski definition) is 1. The molecule has 1 amide bonds. The fraction of sp³-hybridized carbons (Fsp3) is 0.542. The Balaban J connectivity index is 1.33. The van der Waals surface area contributed by atoms with E-state index in [1.165, 1.54) is 16.8 Å². The zero-order valence-corrected chi connectivity index (χ0v) is 19.3. The van der Waals surface area contributed by atoms with Crippen molar-refractivity contribution < 1.29 is 9.53 Å². The molecule has 0 aliphatic carbocycles. The largest absolute Gasteiger partial charge is 0.378 e. The number of aromatic nitrogens is 2. The lowest BCUT2D eigenvalue weighted by molar-refractivity contribution is -0.131. The lowest BCUT2D eigenvalue weighted by atomic mass is 10.1. The number of amides is 1. The summed E-state index contributed by atoms with van der Waals surface area (Å²) < 4.78 is 5.36. The van der Waals surface area contributed by atoms with E-state index < -0.39 is 0 Å². The van der Waals surface area contributed by atoms with E-state index in [0.29, 0.717) is 69.4 Å². The number of morpholine rings is 1. The highest BCUT2D eigenvalue weighted by Gasteiger charge is 2.23. The number of piperazine rings is 1. The van der Waals surface area contributed by atoms with Crippen molar-refractivity contribution in [1.82, 2.24) is 14.9 Å². The van der Waals surface area contributed by atoms with Gasteiger partial charge in [-0.05, 0) is 44.4 Å². The van der Waals surface area contributed by atoms with Crippen LogP contribution in [-0.2, 0) is 16.0 Å². The quantitative estimate of drug-likeness (QED) is 0.765. The second kappa shape index (κ2) is 9.73. The minimum Gasteiger partial charge on any atom is -0.378 e. The number of carbonyl (C=O) groups excluding carboxylic acids is 1. The van der Waals surface area contributed by atoms with Gasteiger partial charge < -0.3 is 19.4 Å². The number of aromatic amines is 1. The maximum Gasteiger partial charge on any atom is 0.255 e. The van der Waals surface area contributed by atoms with Gasteiger partial charge in [0.25, 0.3) is 5.56 Å². The average Bonchev–Trinajstić information content (AvgIpc) is 2.81. The van der Waals surface area contributed by atoms with Crippen molar-refractivity contribution in [3.05, 3.63) is 50.9 Å². The lowest BCUT2D eigenvalue weighted by Gasteiger charge is -2.37. The fourth-order valence-corrected chi connectivity index (χ4v) is 4.48. The minimum absolute atomic E-state index is 0.0988. The molecule has 0 atom stereocenters. The SMILES string of the molecule is Cc1cccc(N2CCN(C(=O)CCc3c(C)nc(N4CCOCC4)[nH]c3=O)CC2)c1C. The number of hydrogen-bond acceptors (Lipinski definition) is 6. The molecule has 8 nitrogen and oxygen atoms in total. The summed E-state index contributed by atoms with van der Waals surface area (Å²) in [4.78, 5) is 39.3. The second-order valence-corrected chi connectivity index (χ2v) is 8.64. The highest BCUT2D eigenvalue weighted by Crippen LogP contribution is 2.24. The Kier molecular flexibility index (Phi) is 6.79. The number of H-pyrrole nitrogens is 1. The molecular formula is C24H33N5O3. The molecule has 0 bridgehead atoms. The second-order valence-electron chi connectivity index (χ2n) is 8.64. The number of aryl methyl sites for hydroxylation is 2. The molecule has 172 valence electrons. The summed E-state index contributed by atoms with van der Waals surface area (Å²) in [7, 11) is 0. The van der Waals surface area contributed by atoms with Gasteiger partial charge in [-0.2, -0.15) is 0 Å². The van der Waals surface area contributed by atoms with Crippen LogP contribution in [0.3, 0.4) is 0 Å². The monoisotopic (exact) mass is 439 g/mol. The van der Waals surface area contributed by atoms with Crippen molar-refractivity contribution in [2.75, 3.05) is 62.3 Å². The number of benzene rings is 1. The molecule has 4 rings (SSSR count). The van der Waals surface area contributed by atoms with E-state index in [0.717, 1.165) is 13.1 Å². The molecule has 2 aliphatic rings. The maximum absolute atomic E-state index is 12.8. The summed E-state index contributed by atoms with van der Waals surface area (Å²) in [6.07, 6.45) is 0.736. The van der Waals surface area contributed by atoms with Crippen LogP contribution < -0.4 is 15.4 Å². The van der Waals surface area contributed by atoms with Crippen LogP contribution in [0.1, 0.15) is 28.8 Å². The normalized spacial score (nSPS) is 17.0. The van der Waals surface area contributed by atoms with Crippen molar-refractivity contribution >= 4 is 17.5 Å². The molecule has 3 heterocycles. The van der Waals surface area contributed by atoms with Crippen LogP contribution in [-0.4, -0.2) is 73.3 Å². The van der Waals surface area contributed by atoms with Gasteiger partial charge in [-0.1, -0.05) is 12.1 Å². The smallest absolute Gasteiger partial charge is 0.255 e. The first-order valence-electron chi connectivity index (χ1n) is 11.5. The van der Waals surface area contributed by atoms with Crippen molar-refractivity contribution in [3.63, 3.8) is 0 Å². The Hall–Kier alpha value is -2.87. The van der Waals surface area contributed by atoms with Gasteiger partial charge in [0.15, 0.2) is 0 Å². The van der Waals surface area contributed by atoms with E-state index in [-0.39, 0.29) is 11.5 Å². The summed E-state index contributed by atoms with van der Waals surface area (Å²) in [5.74, 6) is 0.690. The van der Waals surface area contributed by atoms with Crippen molar-refractivity contribution in [2.24, 2.45) is 0 Å². The van der Waals surface area contributed by atoms with Gasteiger partial charge in [0.2, 0.25) is 11.9 Å². The van der Waals surface area contributed by atoms with Gasteiger partial charge >= 0.3 is 0 Å². The molecule has 2 fully saturated rings. The van der Waals surface area contributed by atoms with Crippen LogP contribution >= 0.6 is 0 Å². The molecule has 1 aromatic heterocycles. The van der Waals surface area contributed by atoms with E-state index in [1.54, 1.807) is 0 Å². The van der Waals surface area contributed by atoms with Crippen LogP contribution in [0.2, 0.25) is 0 Å². The van der Waals surface area contributed by atoms with Gasteiger partial charge in [0.1, 0.15) is 0 Å². The Morgan fingerprint density at radius 2 is 1.75 bits per heavy atom. The number of carbonyl (C=O) groups is 1. The van der Waals surface area contributed by atoms with Crippen molar-refractivity contribution in [1.29, 1.82) is 0 Å². The molecule has 0 radical (unpaired) electrons. The molecule has 1 N–H and O–H groups in total. The topological polar surface area (TPSA) is 81.8 Å². The third-order valence-electron chi connectivity index (χ3n) is 6.66. The number of anilines is 2. The van der Waals surface area contributed by atoms with E-state index in [1.807, 2.05) is 16.7 Å². The minimum atomic E-state index is -0.147. The molecule has 1 aromatic carbocycles. The molecule has 32 heavy (non-hydrogen) atoms. The van der Waals surface area contributed by atoms with Crippen LogP contribution in [0.5, 0.6) is 0 Å². The van der Waals surface area contributed by atoms with E-state index in [9.17, 15) is 9.59 Å². The predicted molar refractivity (Wildman–Crippen MR) is 126 cm³/mol. The first-order valence-corrected chi connectivity index (χ1v) is 11.5. The zero-order valence-electron chi connectivity index (χ0n) is 19.3. The highest BCUT2D eigenvalue weighted by molar-refractivity contribution is 5.77. The van der Waals surface area contributed by atoms with Gasteiger partial charge in [-0.15, -0.1) is 0 Å². The molecule has 0 unspecified atom stereocenters. The number of nitrogens with zero attached hydrogens (tertiary/aromatic N) is 4. The van der Waals surface area contributed by atoms with Crippen LogP contribution in [0.25, 0.3) is 0 Å². The maximum atomic E-state index is 12.8. The summed E-state index contributed by atoms with van der Waals surface area (Å²) in [6, 6.07) is 6.38. The third kappa shape index (κ3) is 4.80. The number of ether oxygens (including phenoxy) is 1. The summed E-state index contributed by atoms with van der Waals surface area (Å²) in [6.45, 7) is 11.9. The van der Waals surface area contributed by atoms with Crippen LogP contribution in [0.4, 0.5) is 11.6 Å². The first-order chi connectivity index (χ1) is 15.4. The predicted octanol–water partition coefficient (Wildman–Crippen LogP) is 1.81. The zero-order chi connectivity index (χ0) is 22.7. The Bertz CT molecular complexity index is 1020. The average molecular weight is 440 g/mol. The van der Waals surface area contributed by atoms with Crippen LogP contribution in [0, 0.1) is 20.8 Å². The Morgan fingerprint density at radius 3 is 2.44 bits per heavy atom. The molecule has 0 saturated carbocycles. The third-order valence-corrected chi connectivity index (χ3v) is 6.66. The number of nitrogens with one attached hydrogen (secondary N) is 1. The molecule has 8 heteroatoms. The molecule has 2 saturated heterocycles. The van der Waals surface area contributed by atoms with E-state index >= 15 is 0 Å². The van der Waals surface area contributed by atoms with Crippen LogP contribution in [0.15, 0.2) is 23.0 Å². The summed E-state index contributed by atoms with van der Waals surface area (Å²) in [5.41, 5.74) is 4.99. The molecule has 0 spiro atoms. The highest BCUT2D eigenvalue weighted by atomic mass is 16.5. The van der Waals surface area contributed by atoms with Gasteiger partial charge in [0.05, 0.1) is 13.2 Å². The fourth-order valence-electron chi connectivity index (χ4n) is 4.48. The van der Waals surface area contributed by atoms with Gasteiger partial charge in [-0.3, -0.25) is 14.6 Å². The van der Waals surface area contributed by atoms with E-state index in [2.05, 4.69) is 46.9 Å². The van der Waals surface area contributed by atoms with E-state index in [4.69, 9.17) is 4.74 Å². The standard InChI is InChI=1S/C24H33N5O3/c1-17-5-4-6-21(18(17)2)27-9-11-28(12-10-27)22(30)8-7-20-19(3)25-24(26-23(20)31)29-13-15-32-16-14-29/h4-6H,7-16H2,1-3H3,(H,25,26,31). The molecule has 2 aromatic rings. The summed E-state index contributed by atoms with van der Waals surface area (Å²) >= 11 is 0. The first kappa shape index (κ1) is 22.3. The lowest BCUT2D eigenvalue weighted by Crippen LogP contribution is -2.49.